The molecule has 0 spiro atoms. The quantitative estimate of drug-likeness (QED) is 0.551. The molecule has 23 heavy (non-hydrogen) atoms. The second-order valence-corrected chi connectivity index (χ2v) is 5.58. The highest BCUT2D eigenvalue weighted by atomic mass is 16.6. The fourth-order valence-corrected chi connectivity index (χ4v) is 2.18. The summed E-state index contributed by atoms with van der Waals surface area (Å²) in [6, 6.07) is 17.7. The third kappa shape index (κ3) is 4.99. The minimum Gasteiger partial charge on any atom is -0.482 e. The standard InChI is InChI=1S/C20H22O3/c1-4-20(21)22-14-19(17-8-6-5-7-9-17)23-18-12-10-16(11-13-18)15(2)3/h4-13,15,19H,1,14H2,2-3H3. The second-order valence-electron chi connectivity index (χ2n) is 5.58. The van der Waals surface area contributed by atoms with Gasteiger partial charge in [-0.05, 0) is 29.2 Å². The van der Waals surface area contributed by atoms with Crippen molar-refractivity contribution in [2.75, 3.05) is 6.61 Å². The molecule has 0 N–H and O–H groups in total. The predicted molar refractivity (Wildman–Crippen MR) is 91.5 cm³/mol. The third-order valence-corrected chi connectivity index (χ3v) is 3.54. The van der Waals surface area contributed by atoms with Gasteiger partial charge in [-0.1, -0.05) is 62.9 Å². The minimum absolute atomic E-state index is 0.140. The van der Waals surface area contributed by atoms with Crippen molar-refractivity contribution in [3.8, 4) is 5.75 Å². The van der Waals surface area contributed by atoms with Gasteiger partial charge >= 0.3 is 5.97 Å². The van der Waals surface area contributed by atoms with Crippen LogP contribution in [-0.4, -0.2) is 12.6 Å². The van der Waals surface area contributed by atoms with Gasteiger partial charge in [0, 0.05) is 6.08 Å². The summed E-state index contributed by atoms with van der Waals surface area (Å²) in [6.45, 7) is 7.85. The molecular formula is C20H22O3. The molecule has 1 unspecified atom stereocenters. The zero-order valence-electron chi connectivity index (χ0n) is 13.6. The van der Waals surface area contributed by atoms with Crippen molar-refractivity contribution >= 4 is 5.97 Å². The first-order chi connectivity index (χ1) is 11.1. The molecule has 0 aliphatic carbocycles. The van der Waals surface area contributed by atoms with Crippen molar-refractivity contribution in [3.63, 3.8) is 0 Å². The number of esters is 1. The average Bonchev–Trinajstić information content (AvgIpc) is 2.59. The number of hydrogen-bond acceptors (Lipinski definition) is 3. The molecular weight excluding hydrogens is 288 g/mol. The van der Waals surface area contributed by atoms with Crippen LogP contribution in [0.3, 0.4) is 0 Å². The summed E-state index contributed by atoms with van der Waals surface area (Å²) in [7, 11) is 0. The SMILES string of the molecule is C=CC(=O)OCC(Oc1ccc(C(C)C)cc1)c1ccccc1. The summed E-state index contributed by atoms with van der Waals surface area (Å²) in [6.07, 6.45) is 0.796. The van der Waals surface area contributed by atoms with Crippen LogP contribution < -0.4 is 4.74 Å². The van der Waals surface area contributed by atoms with E-state index in [1.54, 1.807) is 0 Å². The van der Waals surface area contributed by atoms with Crippen LogP contribution in [0.4, 0.5) is 0 Å². The Labute approximate surface area is 137 Å². The van der Waals surface area contributed by atoms with Crippen molar-refractivity contribution in [1.82, 2.24) is 0 Å². The van der Waals surface area contributed by atoms with Gasteiger partial charge < -0.3 is 9.47 Å². The molecule has 0 radical (unpaired) electrons. The van der Waals surface area contributed by atoms with E-state index >= 15 is 0 Å². The number of carbonyl (C=O) groups is 1. The average molecular weight is 310 g/mol. The molecule has 3 heteroatoms. The van der Waals surface area contributed by atoms with Gasteiger partial charge in [-0.3, -0.25) is 0 Å². The lowest BCUT2D eigenvalue weighted by atomic mass is 10.0. The third-order valence-electron chi connectivity index (χ3n) is 3.54. The Balaban J connectivity index is 2.13. The van der Waals surface area contributed by atoms with Crippen molar-refractivity contribution in [3.05, 3.63) is 78.4 Å². The number of rotatable bonds is 7. The summed E-state index contributed by atoms with van der Waals surface area (Å²) in [5.41, 5.74) is 2.21. The number of benzene rings is 2. The van der Waals surface area contributed by atoms with E-state index in [9.17, 15) is 4.79 Å². The van der Waals surface area contributed by atoms with Crippen molar-refractivity contribution in [2.45, 2.75) is 25.9 Å². The molecule has 0 saturated carbocycles. The molecule has 120 valence electrons. The van der Waals surface area contributed by atoms with Crippen LogP contribution >= 0.6 is 0 Å². The van der Waals surface area contributed by atoms with Gasteiger partial charge in [0.1, 0.15) is 12.4 Å². The zero-order chi connectivity index (χ0) is 16.7. The highest BCUT2D eigenvalue weighted by Gasteiger charge is 2.15. The highest BCUT2D eigenvalue weighted by Crippen LogP contribution is 2.24. The number of ether oxygens (including phenoxy) is 2. The lowest BCUT2D eigenvalue weighted by molar-refractivity contribution is -0.140. The van der Waals surface area contributed by atoms with Gasteiger partial charge in [-0.15, -0.1) is 0 Å². The van der Waals surface area contributed by atoms with Crippen LogP contribution in [0.5, 0.6) is 5.75 Å². The molecule has 3 nitrogen and oxygen atoms in total. The zero-order valence-corrected chi connectivity index (χ0v) is 13.6. The van der Waals surface area contributed by atoms with E-state index in [0.717, 1.165) is 17.4 Å². The van der Waals surface area contributed by atoms with Crippen molar-refractivity contribution in [2.24, 2.45) is 0 Å². The van der Waals surface area contributed by atoms with Crippen LogP contribution in [0, 0.1) is 0 Å². The maximum Gasteiger partial charge on any atom is 0.330 e. The second kappa shape index (κ2) is 8.18. The summed E-state index contributed by atoms with van der Waals surface area (Å²) in [5, 5.41) is 0. The molecule has 0 aromatic heterocycles. The van der Waals surface area contributed by atoms with Crippen molar-refractivity contribution < 1.29 is 14.3 Å². The van der Waals surface area contributed by atoms with Gasteiger partial charge in [0.2, 0.25) is 0 Å². The van der Waals surface area contributed by atoms with Crippen LogP contribution in [-0.2, 0) is 9.53 Å². The Morgan fingerprint density at radius 2 is 1.70 bits per heavy atom. The maximum atomic E-state index is 11.3. The predicted octanol–water partition coefficient (Wildman–Crippen LogP) is 4.66. The fourth-order valence-electron chi connectivity index (χ4n) is 2.18. The Morgan fingerprint density at radius 1 is 1.04 bits per heavy atom. The Bertz CT molecular complexity index is 630. The van der Waals surface area contributed by atoms with Gasteiger partial charge in [0.15, 0.2) is 6.10 Å². The van der Waals surface area contributed by atoms with E-state index in [0.29, 0.717) is 5.92 Å². The van der Waals surface area contributed by atoms with Crippen LogP contribution in [0.15, 0.2) is 67.3 Å². The molecule has 0 fully saturated rings. The van der Waals surface area contributed by atoms with Gasteiger partial charge in [0.05, 0.1) is 0 Å². The first kappa shape index (κ1) is 16.8. The van der Waals surface area contributed by atoms with E-state index < -0.39 is 5.97 Å². The minimum atomic E-state index is -0.454. The first-order valence-electron chi connectivity index (χ1n) is 7.71. The lowest BCUT2D eigenvalue weighted by Crippen LogP contribution is -2.17. The Kier molecular flexibility index (Phi) is 5.98. The summed E-state index contributed by atoms with van der Waals surface area (Å²) >= 11 is 0. The van der Waals surface area contributed by atoms with Crippen LogP contribution in [0.1, 0.15) is 37.0 Å². The fraction of sp³-hybridized carbons (Fsp3) is 0.250. The Hall–Kier alpha value is -2.55. The van der Waals surface area contributed by atoms with E-state index in [1.807, 2.05) is 42.5 Å². The monoisotopic (exact) mass is 310 g/mol. The molecule has 2 aromatic rings. The molecule has 1 atom stereocenters. The van der Waals surface area contributed by atoms with E-state index in [-0.39, 0.29) is 12.7 Å². The molecule has 0 aliphatic rings. The first-order valence-corrected chi connectivity index (χ1v) is 7.71. The maximum absolute atomic E-state index is 11.3. The summed E-state index contributed by atoms with van der Waals surface area (Å²) in [5.74, 6) is 0.769. The summed E-state index contributed by atoms with van der Waals surface area (Å²) < 4.78 is 11.2. The molecule has 2 rings (SSSR count). The van der Waals surface area contributed by atoms with Gasteiger partial charge in [-0.2, -0.15) is 0 Å². The van der Waals surface area contributed by atoms with Gasteiger partial charge in [-0.25, -0.2) is 4.79 Å². The van der Waals surface area contributed by atoms with Crippen LogP contribution in [0.2, 0.25) is 0 Å². The molecule has 0 bridgehead atoms. The van der Waals surface area contributed by atoms with E-state index in [2.05, 4.69) is 32.6 Å². The smallest absolute Gasteiger partial charge is 0.330 e. The van der Waals surface area contributed by atoms with Crippen molar-refractivity contribution in [1.29, 1.82) is 0 Å². The normalized spacial score (nSPS) is 11.8. The molecule has 0 heterocycles. The molecule has 0 saturated heterocycles. The van der Waals surface area contributed by atoms with Crippen LogP contribution in [0.25, 0.3) is 0 Å². The number of carbonyl (C=O) groups excluding carboxylic acids is 1. The molecule has 0 aliphatic heterocycles. The Morgan fingerprint density at radius 3 is 2.26 bits per heavy atom. The topological polar surface area (TPSA) is 35.5 Å². The lowest BCUT2D eigenvalue weighted by Gasteiger charge is -2.19. The highest BCUT2D eigenvalue weighted by molar-refractivity contribution is 5.81. The van der Waals surface area contributed by atoms with Gasteiger partial charge in [0.25, 0.3) is 0 Å². The largest absolute Gasteiger partial charge is 0.482 e. The van der Waals surface area contributed by atoms with E-state index in [4.69, 9.17) is 9.47 Å². The molecule has 0 amide bonds. The van der Waals surface area contributed by atoms with E-state index in [1.165, 1.54) is 5.56 Å². The summed E-state index contributed by atoms with van der Waals surface area (Å²) in [4.78, 5) is 11.3. The molecule has 2 aromatic carbocycles. The number of hydrogen-bond donors (Lipinski definition) is 0.